The summed E-state index contributed by atoms with van der Waals surface area (Å²) in [6, 6.07) is 4.67. The Morgan fingerprint density at radius 2 is 2.15 bits per heavy atom. The molecule has 1 aromatic heterocycles. The lowest BCUT2D eigenvalue weighted by molar-refractivity contribution is -0.0504. The average Bonchev–Trinajstić information content (AvgIpc) is 3.03. The van der Waals surface area contributed by atoms with Crippen LogP contribution in [0.4, 0.5) is 8.78 Å². The van der Waals surface area contributed by atoms with Gasteiger partial charge in [-0.25, -0.2) is 0 Å². The predicted octanol–water partition coefficient (Wildman–Crippen LogP) is 2.17. The van der Waals surface area contributed by atoms with E-state index in [-0.39, 0.29) is 12.3 Å². The smallest absolute Gasteiger partial charge is 0.387 e. The van der Waals surface area contributed by atoms with Gasteiger partial charge in [0.05, 0.1) is 19.9 Å². The molecule has 0 bridgehead atoms. The number of nitrogens with one attached hydrogen (secondary N) is 2. The maximum absolute atomic E-state index is 12.6. The average molecular weight is 367 g/mol. The van der Waals surface area contributed by atoms with Crippen molar-refractivity contribution < 1.29 is 18.3 Å². The number of aromatic nitrogens is 2. The van der Waals surface area contributed by atoms with Gasteiger partial charge in [-0.3, -0.25) is 9.67 Å². The molecule has 0 radical (unpaired) electrons. The monoisotopic (exact) mass is 367 g/mol. The Morgan fingerprint density at radius 3 is 2.77 bits per heavy atom. The van der Waals surface area contributed by atoms with E-state index in [1.807, 2.05) is 17.8 Å². The number of ether oxygens (including phenoxy) is 2. The highest BCUT2D eigenvalue weighted by Crippen LogP contribution is 2.25. The molecule has 1 heterocycles. The molecule has 7 nitrogen and oxygen atoms in total. The fraction of sp³-hybridized carbons (Fsp3) is 0.412. The van der Waals surface area contributed by atoms with E-state index in [9.17, 15) is 8.78 Å². The molecule has 2 aromatic rings. The van der Waals surface area contributed by atoms with Crippen molar-refractivity contribution >= 4 is 5.96 Å². The largest absolute Gasteiger partial charge is 0.497 e. The lowest BCUT2D eigenvalue weighted by Gasteiger charge is -2.15. The van der Waals surface area contributed by atoms with Crippen molar-refractivity contribution in [3.63, 3.8) is 0 Å². The van der Waals surface area contributed by atoms with Crippen LogP contribution in [0.5, 0.6) is 11.5 Å². The third kappa shape index (κ3) is 5.91. The van der Waals surface area contributed by atoms with Gasteiger partial charge in [-0.15, -0.1) is 0 Å². The van der Waals surface area contributed by atoms with Gasteiger partial charge in [0.1, 0.15) is 11.5 Å². The minimum Gasteiger partial charge on any atom is -0.497 e. The Kier molecular flexibility index (Phi) is 7.19. The molecule has 142 valence electrons. The number of alkyl halides is 2. The lowest BCUT2D eigenvalue weighted by Crippen LogP contribution is -2.38. The molecule has 2 rings (SSSR count). The van der Waals surface area contributed by atoms with Crippen molar-refractivity contribution in [3.05, 3.63) is 41.7 Å². The summed E-state index contributed by atoms with van der Waals surface area (Å²) < 4.78 is 36.6. The molecular weight excluding hydrogens is 344 g/mol. The fourth-order valence-electron chi connectivity index (χ4n) is 2.31. The molecule has 0 aliphatic carbocycles. The zero-order chi connectivity index (χ0) is 18.9. The summed E-state index contributed by atoms with van der Waals surface area (Å²) in [6.07, 6.45) is 3.74. The van der Waals surface area contributed by atoms with Crippen molar-refractivity contribution in [1.82, 2.24) is 20.4 Å². The van der Waals surface area contributed by atoms with Gasteiger partial charge in [0.15, 0.2) is 5.96 Å². The van der Waals surface area contributed by atoms with Gasteiger partial charge in [-0.1, -0.05) is 0 Å². The van der Waals surface area contributed by atoms with Gasteiger partial charge >= 0.3 is 6.61 Å². The highest BCUT2D eigenvalue weighted by Gasteiger charge is 2.11. The van der Waals surface area contributed by atoms with Crippen LogP contribution >= 0.6 is 0 Å². The zero-order valence-corrected chi connectivity index (χ0v) is 15.0. The number of nitrogens with zero attached hydrogens (tertiary/aromatic N) is 3. The van der Waals surface area contributed by atoms with Gasteiger partial charge in [-0.05, 0) is 30.7 Å². The molecule has 0 atom stereocenters. The van der Waals surface area contributed by atoms with E-state index in [4.69, 9.17) is 4.74 Å². The Bertz CT molecular complexity index is 734. The molecule has 0 unspecified atom stereocenters. The number of hydrogen-bond donors (Lipinski definition) is 2. The Morgan fingerprint density at radius 1 is 1.35 bits per heavy atom. The van der Waals surface area contributed by atoms with Crippen molar-refractivity contribution in [2.24, 2.45) is 4.99 Å². The molecule has 2 N–H and O–H groups in total. The predicted molar refractivity (Wildman–Crippen MR) is 94.8 cm³/mol. The minimum absolute atomic E-state index is 0.0933. The molecular formula is C17H23F2N5O2. The van der Waals surface area contributed by atoms with Crippen LogP contribution in [-0.4, -0.2) is 43.1 Å². The van der Waals surface area contributed by atoms with Gasteiger partial charge in [0.25, 0.3) is 0 Å². The Balaban J connectivity index is 1.92. The van der Waals surface area contributed by atoms with Crippen molar-refractivity contribution in [2.45, 2.75) is 26.6 Å². The second kappa shape index (κ2) is 9.59. The molecule has 0 saturated heterocycles. The first-order valence-electron chi connectivity index (χ1n) is 8.07. The topological polar surface area (TPSA) is 72.7 Å². The van der Waals surface area contributed by atoms with Gasteiger partial charge in [0.2, 0.25) is 0 Å². The second-order valence-electron chi connectivity index (χ2n) is 5.49. The van der Waals surface area contributed by atoms with E-state index in [2.05, 4.69) is 25.5 Å². The lowest BCUT2D eigenvalue weighted by atomic mass is 10.2. The normalized spacial score (nSPS) is 11.5. The number of aliphatic imine (C=N–C) groups is 1. The highest BCUT2D eigenvalue weighted by molar-refractivity contribution is 5.79. The maximum Gasteiger partial charge on any atom is 0.387 e. The third-order valence-corrected chi connectivity index (χ3v) is 3.55. The Labute approximate surface area is 151 Å². The van der Waals surface area contributed by atoms with E-state index in [0.717, 1.165) is 5.56 Å². The van der Waals surface area contributed by atoms with Gasteiger partial charge < -0.3 is 20.1 Å². The van der Waals surface area contributed by atoms with Crippen LogP contribution in [-0.2, 0) is 13.1 Å². The first kappa shape index (κ1) is 19.5. The maximum atomic E-state index is 12.6. The summed E-state index contributed by atoms with van der Waals surface area (Å²) in [5.74, 6) is 1.19. The molecule has 0 aliphatic rings. The van der Waals surface area contributed by atoms with Crippen molar-refractivity contribution in [2.75, 3.05) is 20.7 Å². The first-order chi connectivity index (χ1) is 12.5. The van der Waals surface area contributed by atoms with Crippen LogP contribution in [0.25, 0.3) is 0 Å². The van der Waals surface area contributed by atoms with E-state index in [1.165, 1.54) is 13.2 Å². The zero-order valence-electron chi connectivity index (χ0n) is 15.0. The van der Waals surface area contributed by atoms with Crippen LogP contribution in [0.3, 0.4) is 0 Å². The summed E-state index contributed by atoms with van der Waals surface area (Å²) in [6.45, 7) is 0.619. The number of methoxy groups -OCH3 is 1. The van der Waals surface area contributed by atoms with Crippen molar-refractivity contribution in [3.8, 4) is 11.5 Å². The number of halogens is 2. The van der Waals surface area contributed by atoms with Crippen LogP contribution in [0.1, 0.15) is 11.1 Å². The minimum atomic E-state index is -2.89. The van der Waals surface area contributed by atoms with Crippen LogP contribution < -0.4 is 20.1 Å². The quantitative estimate of drug-likeness (QED) is 0.553. The van der Waals surface area contributed by atoms with Crippen LogP contribution in [0.2, 0.25) is 0 Å². The molecule has 9 heteroatoms. The second-order valence-corrected chi connectivity index (χ2v) is 5.49. The third-order valence-electron chi connectivity index (χ3n) is 3.55. The van der Waals surface area contributed by atoms with Gasteiger partial charge in [-0.2, -0.15) is 13.9 Å². The van der Waals surface area contributed by atoms with E-state index in [0.29, 0.717) is 30.4 Å². The fourth-order valence-corrected chi connectivity index (χ4v) is 2.31. The Hall–Kier alpha value is -2.84. The van der Waals surface area contributed by atoms with E-state index < -0.39 is 6.61 Å². The standard InChI is InChI=1S/C17H23F2N5O2/c1-12-9-23-24(11-12)7-6-21-17(20-2)22-10-13-8-14(25-3)4-5-15(13)26-16(18)19/h4-5,8-9,11,16H,6-7,10H2,1-3H3,(H2,20,21,22). The number of aryl methyl sites for hydroxylation is 1. The van der Waals surface area contributed by atoms with Crippen molar-refractivity contribution in [1.29, 1.82) is 0 Å². The summed E-state index contributed by atoms with van der Waals surface area (Å²) in [7, 11) is 3.15. The van der Waals surface area contributed by atoms with E-state index >= 15 is 0 Å². The number of rotatable bonds is 8. The van der Waals surface area contributed by atoms with Crippen LogP contribution in [0, 0.1) is 6.92 Å². The molecule has 0 amide bonds. The summed E-state index contributed by atoms with van der Waals surface area (Å²) >= 11 is 0. The highest BCUT2D eigenvalue weighted by atomic mass is 19.3. The number of guanidine groups is 1. The molecule has 0 aliphatic heterocycles. The molecule has 0 fully saturated rings. The molecule has 1 aromatic carbocycles. The van der Waals surface area contributed by atoms with E-state index in [1.54, 1.807) is 25.4 Å². The summed E-state index contributed by atoms with van der Waals surface area (Å²) in [5, 5.41) is 10.4. The number of hydrogen-bond acceptors (Lipinski definition) is 4. The SMILES string of the molecule is CN=C(NCCn1cc(C)cn1)NCc1cc(OC)ccc1OC(F)F. The van der Waals surface area contributed by atoms with Gasteiger partial charge in [0, 0.05) is 31.9 Å². The number of benzene rings is 1. The first-order valence-corrected chi connectivity index (χ1v) is 8.07. The molecule has 0 spiro atoms. The summed E-state index contributed by atoms with van der Waals surface area (Å²) in [4.78, 5) is 4.12. The molecule has 0 saturated carbocycles. The van der Waals surface area contributed by atoms with Crippen LogP contribution in [0.15, 0.2) is 35.6 Å². The molecule has 26 heavy (non-hydrogen) atoms. The summed E-state index contributed by atoms with van der Waals surface area (Å²) in [5.41, 5.74) is 1.63.